The normalized spacial score (nSPS) is 15.2. The average molecular weight is 243 g/mol. The second-order valence-corrected chi connectivity index (χ2v) is 4.48. The maximum Gasteiger partial charge on any atom is 0.409 e. The molecule has 1 saturated heterocycles. The molecule has 0 N–H and O–H groups in total. The van der Waals surface area contributed by atoms with Crippen molar-refractivity contribution in [2.24, 2.45) is 0 Å². The minimum absolute atomic E-state index is 0.135. The maximum absolute atomic E-state index is 11.5. The Morgan fingerprint density at radius 3 is 2.47 bits per heavy atom. The standard InChI is InChI=1S/C13H25NO3/c1-2-10-16-11-6-3-7-12-17-13(15)14-8-4-5-9-14/h2-12H2,1H3. The largest absolute Gasteiger partial charge is 0.449 e. The van der Waals surface area contributed by atoms with Gasteiger partial charge in [-0.15, -0.1) is 0 Å². The van der Waals surface area contributed by atoms with Crippen molar-refractivity contribution in [2.45, 2.75) is 45.4 Å². The number of ether oxygens (including phenoxy) is 2. The van der Waals surface area contributed by atoms with Crippen molar-refractivity contribution in [2.75, 3.05) is 32.9 Å². The lowest BCUT2D eigenvalue weighted by Gasteiger charge is -2.14. The van der Waals surface area contributed by atoms with Crippen LogP contribution in [-0.2, 0) is 9.47 Å². The first-order chi connectivity index (χ1) is 8.34. The Hall–Kier alpha value is -0.770. The number of amides is 1. The van der Waals surface area contributed by atoms with Crippen molar-refractivity contribution in [3.8, 4) is 0 Å². The number of carbonyl (C=O) groups excluding carboxylic acids is 1. The highest BCUT2D eigenvalue weighted by molar-refractivity contribution is 5.67. The molecule has 0 bridgehead atoms. The van der Waals surface area contributed by atoms with Gasteiger partial charge in [-0.2, -0.15) is 0 Å². The van der Waals surface area contributed by atoms with Crippen molar-refractivity contribution in [3.63, 3.8) is 0 Å². The van der Waals surface area contributed by atoms with Crippen LogP contribution in [0, 0.1) is 0 Å². The van der Waals surface area contributed by atoms with Crippen molar-refractivity contribution in [1.29, 1.82) is 0 Å². The second-order valence-electron chi connectivity index (χ2n) is 4.48. The zero-order valence-electron chi connectivity index (χ0n) is 11.0. The van der Waals surface area contributed by atoms with Crippen molar-refractivity contribution < 1.29 is 14.3 Å². The van der Waals surface area contributed by atoms with Gasteiger partial charge >= 0.3 is 6.09 Å². The number of carbonyl (C=O) groups is 1. The number of likely N-dealkylation sites (tertiary alicyclic amines) is 1. The fourth-order valence-electron chi connectivity index (χ4n) is 1.88. The first kappa shape index (κ1) is 14.3. The molecule has 1 aliphatic rings. The van der Waals surface area contributed by atoms with Crippen LogP contribution in [0.3, 0.4) is 0 Å². The molecule has 4 nitrogen and oxygen atoms in total. The molecule has 1 fully saturated rings. The summed E-state index contributed by atoms with van der Waals surface area (Å²) in [5, 5.41) is 0. The number of unbranched alkanes of at least 4 members (excludes halogenated alkanes) is 2. The van der Waals surface area contributed by atoms with Crippen LogP contribution in [-0.4, -0.2) is 43.9 Å². The lowest BCUT2D eigenvalue weighted by Crippen LogP contribution is -2.28. The van der Waals surface area contributed by atoms with Crippen LogP contribution in [0.4, 0.5) is 4.79 Å². The van der Waals surface area contributed by atoms with Gasteiger partial charge in [0.05, 0.1) is 6.61 Å². The molecular formula is C13H25NO3. The van der Waals surface area contributed by atoms with Crippen LogP contribution < -0.4 is 0 Å². The summed E-state index contributed by atoms with van der Waals surface area (Å²) in [6.07, 6.45) is 6.24. The third-order valence-corrected chi connectivity index (χ3v) is 2.87. The van der Waals surface area contributed by atoms with Crippen molar-refractivity contribution >= 4 is 6.09 Å². The van der Waals surface area contributed by atoms with Gasteiger partial charge in [-0.05, 0) is 38.5 Å². The number of hydrogen-bond acceptors (Lipinski definition) is 3. The van der Waals surface area contributed by atoms with Gasteiger partial charge in [0.15, 0.2) is 0 Å². The quantitative estimate of drug-likeness (QED) is 0.615. The molecule has 0 aromatic rings. The molecule has 1 aliphatic heterocycles. The molecule has 0 aromatic carbocycles. The summed E-state index contributed by atoms with van der Waals surface area (Å²) in [5.74, 6) is 0. The van der Waals surface area contributed by atoms with Crippen LogP contribution >= 0.6 is 0 Å². The van der Waals surface area contributed by atoms with E-state index < -0.39 is 0 Å². The Morgan fingerprint density at radius 2 is 1.76 bits per heavy atom. The van der Waals surface area contributed by atoms with Crippen molar-refractivity contribution in [3.05, 3.63) is 0 Å². The third kappa shape index (κ3) is 6.51. The fourth-order valence-corrected chi connectivity index (χ4v) is 1.88. The van der Waals surface area contributed by atoms with E-state index in [1.54, 1.807) is 4.90 Å². The van der Waals surface area contributed by atoms with E-state index in [1.807, 2.05) is 0 Å². The first-order valence-electron chi connectivity index (χ1n) is 6.84. The van der Waals surface area contributed by atoms with Gasteiger partial charge in [-0.25, -0.2) is 4.79 Å². The molecule has 1 heterocycles. The summed E-state index contributed by atoms with van der Waals surface area (Å²) in [7, 11) is 0. The van der Waals surface area contributed by atoms with Gasteiger partial charge < -0.3 is 14.4 Å². The number of hydrogen-bond donors (Lipinski definition) is 0. The molecule has 0 atom stereocenters. The molecule has 1 amide bonds. The summed E-state index contributed by atoms with van der Waals surface area (Å²) in [6.45, 7) is 6.06. The van der Waals surface area contributed by atoms with Gasteiger partial charge in [0.1, 0.15) is 0 Å². The van der Waals surface area contributed by atoms with Gasteiger partial charge in [-0.1, -0.05) is 6.92 Å². The van der Waals surface area contributed by atoms with E-state index in [1.165, 1.54) is 0 Å². The Bertz CT molecular complexity index is 203. The minimum atomic E-state index is -0.135. The van der Waals surface area contributed by atoms with Crippen LogP contribution in [0.2, 0.25) is 0 Å². The Balaban J connectivity index is 1.85. The number of rotatable bonds is 8. The highest BCUT2D eigenvalue weighted by atomic mass is 16.6. The highest BCUT2D eigenvalue weighted by Gasteiger charge is 2.18. The van der Waals surface area contributed by atoms with Crippen molar-refractivity contribution in [1.82, 2.24) is 4.90 Å². The SMILES string of the molecule is CCCOCCCCCOC(=O)N1CCCC1. The molecule has 4 heteroatoms. The molecule has 0 radical (unpaired) electrons. The van der Waals surface area contributed by atoms with E-state index in [0.29, 0.717) is 6.61 Å². The zero-order valence-corrected chi connectivity index (χ0v) is 11.0. The topological polar surface area (TPSA) is 38.8 Å². The maximum atomic E-state index is 11.5. The van der Waals surface area contributed by atoms with E-state index in [0.717, 1.165) is 64.8 Å². The highest BCUT2D eigenvalue weighted by Crippen LogP contribution is 2.09. The van der Waals surface area contributed by atoms with Gasteiger partial charge in [0, 0.05) is 26.3 Å². The summed E-state index contributed by atoms with van der Waals surface area (Å²) >= 11 is 0. The zero-order chi connectivity index (χ0) is 12.3. The molecule has 0 spiro atoms. The Labute approximate surface area is 104 Å². The monoisotopic (exact) mass is 243 g/mol. The number of nitrogens with zero attached hydrogens (tertiary/aromatic N) is 1. The van der Waals surface area contributed by atoms with Crippen LogP contribution in [0.25, 0.3) is 0 Å². The Morgan fingerprint density at radius 1 is 1.06 bits per heavy atom. The first-order valence-corrected chi connectivity index (χ1v) is 6.84. The van der Waals surface area contributed by atoms with Crippen LogP contribution in [0.15, 0.2) is 0 Å². The summed E-state index contributed by atoms with van der Waals surface area (Å²) in [5.41, 5.74) is 0. The lowest BCUT2D eigenvalue weighted by molar-refractivity contribution is 0.105. The summed E-state index contributed by atoms with van der Waals surface area (Å²) in [4.78, 5) is 13.3. The summed E-state index contributed by atoms with van der Waals surface area (Å²) in [6, 6.07) is 0. The predicted octanol–water partition coefficient (Wildman–Crippen LogP) is 2.82. The lowest BCUT2D eigenvalue weighted by atomic mass is 10.2. The molecule has 0 aromatic heterocycles. The molecule has 17 heavy (non-hydrogen) atoms. The van der Waals surface area contributed by atoms with E-state index >= 15 is 0 Å². The van der Waals surface area contributed by atoms with Gasteiger partial charge in [-0.3, -0.25) is 0 Å². The van der Waals surface area contributed by atoms with E-state index in [-0.39, 0.29) is 6.09 Å². The molecule has 100 valence electrons. The average Bonchev–Trinajstić information content (AvgIpc) is 2.86. The smallest absolute Gasteiger partial charge is 0.409 e. The predicted molar refractivity (Wildman–Crippen MR) is 67.1 cm³/mol. The van der Waals surface area contributed by atoms with Gasteiger partial charge in [0.25, 0.3) is 0 Å². The minimum Gasteiger partial charge on any atom is -0.449 e. The van der Waals surface area contributed by atoms with Gasteiger partial charge in [0.2, 0.25) is 0 Å². The molecular weight excluding hydrogens is 218 g/mol. The van der Waals surface area contributed by atoms with Crippen LogP contribution in [0.5, 0.6) is 0 Å². The third-order valence-electron chi connectivity index (χ3n) is 2.87. The Kier molecular flexibility index (Phi) is 7.80. The molecule has 0 unspecified atom stereocenters. The fraction of sp³-hybridized carbons (Fsp3) is 0.923. The molecule has 1 rings (SSSR count). The van der Waals surface area contributed by atoms with Crippen LogP contribution in [0.1, 0.15) is 45.4 Å². The van der Waals surface area contributed by atoms with E-state index in [2.05, 4.69) is 6.92 Å². The summed E-state index contributed by atoms with van der Waals surface area (Å²) < 4.78 is 10.6. The van der Waals surface area contributed by atoms with E-state index in [9.17, 15) is 4.79 Å². The van der Waals surface area contributed by atoms with E-state index in [4.69, 9.17) is 9.47 Å². The second kappa shape index (κ2) is 9.28. The molecule has 0 aliphatic carbocycles. The molecule has 0 saturated carbocycles.